The van der Waals surface area contributed by atoms with E-state index in [1.54, 1.807) is 17.2 Å². The Hall–Kier alpha value is -3.88. The molecule has 2 N–H and O–H groups in total. The van der Waals surface area contributed by atoms with Crippen LogP contribution >= 0.6 is 0 Å². The predicted molar refractivity (Wildman–Crippen MR) is 115 cm³/mol. The van der Waals surface area contributed by atoms with Crippen molar-refractivity contribution in [3.63, 3.8) is 0 Å². The number of carbonyl (C=O) groups is 2. The highest BCUT2D eigenvalue weighted by Gasteiger charge is 2.33. The number of hydrogen-bond donors (Lipinski definition) is 2. The molecule has 9 heteroatoms. The molecule has 1 aliphatic carbocycles. The van der Waals surface area contributed by atoms with Crippen LogP contribution in [0.1, 0.15) is 24.5 Å². The Morgan fingerprint density at radius 2 is 2.16 bits per heavy atom. The van der Waals surface area contributed by atoms with Crippen molar-refractivity contribution in [1.82, 2.24) is 15.5 Å². The number of pyridine rings is 1. The van der Waals surface area contributed by atoms with Crippen LogP contribution in [-0.2, 0) is 22.4 Å². The summed E-state index contributed by atoms with van der Waals surface area (Å²) in [5, 5.41) is 17.1. The van der Waals surface area contributed by atoms with Crippen molar-refractivity contribution in [2.75, 3.05) is 18.0 Å². The molecule has 2 amide bonds. The van der Waals surface area contributed by atoms with Gasteiger partial charge in [-0.05, 0) is 49.1 Å². The second-order valence-corrected chi connectivity index (χ2v) is 7.98. The third kappa shape index (κ3) is 3.55. The molecule has 0 bridgehead atoms. The Labute approximate surface area is 184 Å². The van der Waals surface area contributed by atoms with Crippen LogP contribution in [0.4, 0.5) is 10.5 Å². The zero-order valence-electron chi connectivity index (χ0n) is 17.5. The van der Waals surface area contributed by atoms with Gasteiger partial charge in [0.2, 0.25) is 5.91 Å². The van der Waals surface area contributed by atoms with E-state index in [2.05, 4.69) is 15.5 Å². The average molecular weight is 434 g/mol. The Bertz CT molecular complexity index is 1200. The Kier molecular flexibility index (Phi) is 5.01. The Morgan fingerprint density at radius 1 is 1.28 bits per heavy atom. The summed E-state index contributed by atoms with van der Waals surface area (Å²) in [5.74, 6) is 0.583. The van der Waals surface area contributed by atoms with Gasteiger partial charge in [0.05, 0.1) is 19.3 Å². The van der Waals surface area contributed by atoms with Gasteiger partial charge in [-0.3, -0.25) is 14.7 Å². The third-order valence-electron chi connectivity index (χ3n) is 5.81. The zero-order valence-corrected chi connectivity index (χ0v) is 17.5. The van der Waals surface area contributed by atoms with Crippen LogP contribution in [0.3, 0.4) is 0 Å². The number of amides is 2. The van der Waals surface area contributed by atoms with Crippen molar-refractivity contribution >= 4 is 17.7 Å². The molecule has 164 valence electrons. The fourth-order valence-corrected chi connectivity index (χ4v) is 4.28. The summed E-state index contributed by atoms with van der Waals surface area (Å²) < 4.78 is 11.1. The van der Waals surface area contributed by atoms with Crippen LogP contribution in [0, 0.1) is 0 Å². The molecular formula is C23H22N4O5. The summed E-state index contributed by atoms with van der Waals surface area (Å²) in [7, 11) is 0. The number of benzene rings is 1. The van der Waals surface area contributed by atoms with E-state index in [4.69, 9.17) is 9.26 Å². The topological polar surface area (TPSA) is 118 Å². The van der Waals surface area contributed by atoms with Crippen LogP contribution in [0.5, 0.6) is 5.75 Å². The number of aromatic hydroxyl groups is 1. The van der Waals surface area contributed by atoms with Crippen molar-refractivity contribution in [2.24, 2.45) is 0 Å². The first-order valence-electron chi connectivity index (χ1n) is 10.5. The van der Waals surface area contributed by atoms with Gasteiger partial charge in [0.1, 0.15) is 17.5 Å². The molecule has 0 saturated carbocycles. The van der Waals surface area contributed by atoms with Gasteiger partial charge < -0.3 is 19.7 Å². The predicted octanol–water partition coefficient (Wildman–Crippen LogP) is 3.06. The van der Waals surface area contributed by atoms with Crippen LogP contribution in [0.2, 0.25) is 0 Å². The van der Waals surface area contributed by atoms with Crippen molar-refractivity contribution < 1.29 is 24.0 Å². The van der Waals surface area contributed by atoms with Gasteiger partial charge in [0.15, 0.2) is 5.76 Å². The monoisotopic (exact) mass is 434 g/mol. The number of hydrogen-bond acceptors (Lipinski definition) is 7. The number of nitrogens with one attached hydrogen (secondary N) is 1. The number of fused-ring (bicyclic) bond motifs is 3. The van der Waals surface area contributed by atoms with Gasteiger partial charge in [0, 0.05) is 35.5 Å². The van der Waals surface area contributed by atoms with Gasteiger partial charge in [-0.2, -0.15) is 0 Å². The van der Waals surface area contributed by atoms with Crippen LogP contribution in [-0.4, -0.2) is 46.4 Å². The lowest BCUT2D eigenvalue weighted by Gasteiger charge is -2.15. The van der Waals surface area contributed by atoms with E-state index in [0.29, 0.717) is 23.6 Å². The van der Waals surface area contributed by atoms with Gasteiger partial charge >= 0.3 is 6.09 Å². The maximum absolute atomic E-state index is 12.4. The van der Waals surface area contributed by atoms with Gasteiger partial charge in [-0.25, -0.2) is 4.79 Å². The smallest absolute Gasteiger partial charge is 0.414 e. The van der Waals surface area contributed by atoms with E-state index < -0.39 is 6.09 Å². The Morgan fingerprint density at radius 3 is 2.97 bits per heavy atom. The second-order valence-electron chi connectivity index (χ2n) is 7.98. The van der Waals surface area contributed by atoms with Crippen molar-refractivity contribution in [2.45, 2.75) is 32.3 Å². The maximum Gasteiger partial charge on any atom is 0.414 e. The third-order valence-corrected chi connectivity index (χ3v) is 5.81. The highest BCUT2D eigenvalue weighted by molar-refractivity contribution is 5.91. The van der Waals surface area contributed by atoms with E-state index in [1.165, 1.54) is 13.1 Å². The van der Waals surface area contributed by atoms with E-state index in [1.807, 2.05) is 18.2 Å². The molecule has 0 unspecified atom stereocenters. The molecule has 3 aromatic rings. The number of anilines is 1. The van der Waals surface area contributed by atoms with E-state index >= 15 is 0 Å². The molecule has 1 aromatic carbocycles. The van der Waals surface area contributed by atoms with E-state index in [-0.39, 0.29) is 24.3 Å². The molecule has 2 aromatic heterocycles. The molecule has 1 aliphatic heterocycles. The SMILES string of the molecule is CC(=O)NC[C@H]1CN(c2ccc3c(c2)CCCc2c(-c4ccncc4O)noc2-3)C(=O)O1. The van der Waals surface area contributed by atoms with Gasteiger partial charge in [-0.15, -0.1) is 0 Å². The highest BCUT2D eigenvalue weighted by Crippen LogP contribution is 2.41. The molecule has 5 rings (SSSR count). The minimum absolute atomic E-state index is 0.0600. The average Bonchev–Trinajstić information content (AvgIpc) is 3.31. The zero-order chi connectivity index (χ0) is 22.2. The molecule has 1 saturated heterocycles. The number of rotatable bonds is 4. The lowest BCUT2D eigenvalue weighted by Crippen LogP contribution is -2.33. The number of ether oxygens (including phenoxy) is 1. The summed E-state index contributed by atoms with van der Waals surface area (Å²) in [6, 6.07) is 7.50. The first-order chi connectivity index (χ1) is 15.5. The van der Waals surface area contributed by atoms with E-state index in [0.717, 1.165) is 41.6 Å². The van der Waals surface area contributed by atoms with Crippen molar-refractivity contribution in [3.05, 3.63) is 47.8 Å². The number of aromatic nitrogens is 2. The summed E-state index contributed by atoms with van der Waals surface area (Å²) in [4.78, 5) is 29.0. The van der Waals surface area contributed by atoms with Crippen LogP contribution in [0.15, 0.2) is 41.2 Å². The molecular weight excluding hydrogens is 412 g/mol. The minimum Gasteiger partial charge on any atom is -0.506 e. The minimum atomic E-state index is -0.426. The number of aryl methyl sites for hydroxylation is 1. The lowest BCUT2D eigenvalue weighted by molar-refractivity contribution is -0.119. The maximum atomic E-state index is 12.4. The molecule has 3 heterocycles. The number of carbonyl (C=O) groups excluding carboxylic acids is 2. The fraction of sp³-hybridized carbons (Fsp3) is 0.304. The summed E-state index contributed by atoms with van der Waals surface area (Å²) in [5.41, 5.74) is 4.90. The van der Waals surface area contributed by atoms with Crippen LogP contribution in [0.25, 0.3) is 22.6 Å². The molecule has 2 aliphatic rings. The quantitative estimate of drug-likeness (QED) is 0.648. The largest absolute Gasteiger partial charge is 0.506 e. The van der Waals surface area contributed by atoms with E-state index in [9.17, 15) is 14.7 Å². The first kappa shape index (κ1) is 20.0. The summed E-state index contributed by atoms with van der Waals surface area (Å²) in [6.07, 6.45) is 4.63. The van der Waals surface area contributed by atoms with Crippen molar-refractivity contribution in [3.8, 4) is 28.3 Å². The highest BCUT2D eigenvalue weighted by atomic mass is 16.6. The number of nitrogens with zero attached hydrogens (tertiary/aromatic N) is 3. The molecule has 1 fully saturated rings. The standard InChI is InChI=1S/C23H22N4O5/c1-13(28)25-10-16-12-27(23(30)31-16)15-5-6-17-14(9-15)3-2-4-19-21(26-32-22(17)19)18-7-8-24-11-20(18)29/h5-9,11,16,29H,2-4,10,12H2,1H3,(H,25,28)/t16-/m0/s1. The molecule has 1 atom stereocenters. The lowest BCUT2D eigenvalue weighted by atomic mass is 10.00. The summed E-state index contributed by atoms with van der Waals surface area (Å²) in [6.45, 7) is 2.09. The summed E-state index contributed by atoms with van der Waals surface area (Å²) >= 11 is 0. The number of cyclic esters (lactones) is 1. The van der Waals surface area contributed by atoms with Crippen LogP contribution < -0.4 is 10.2 Å². The first-order valence-corrected chi connectivity index (χ1v) is 10.5. The van der Waals surface area contributed by atoms with Crippen molar-refractivity contribution in [1.29, 1.82) is 0 Å². The second kappa shape index (κ2) is 7.99. The van der Waals surface area contributed by atoms with Gasteiger partial charge in [-0.1, -0.05) is 5.16 Å². The fourth-order valence-electron chi connectivity index (χ4n) is 4.28. The molecule has 0 spiro atoms. The normalized spacial score (nSPS) is 17.3. The molecule has 9 nitrogen and oxygen atoms in total. The van der Waals surface area contributed by atoms with Gasteiger partial charge in [0.25, 0.3) is 0 Å². The molecule has 32 heavy (non-hydrogen) atoms. The Balaban J connectivity index is 1.45. The molecule has 0 radical (unpaired) electrons.